The smallest absolute Gasteiger partial charge is 0.240 e. The van der Waals surface area contributed by atoms with Crippen LogP contribution in [-0.4, -0.2) is 0 Å². The number of nitrogens with zero attached hydrogens (tertiary/aromatic N) is 1. The molecule has 0 saturated heterocycles. The van der Waals surface area contributed by atoms with Crippen LogP contribution in [-0.2, 0) is 6.54 Å². The highest BCUT2D eigenvalue weighted by Crippen LogP contribution is 2.20. The Balaban J connectivity index is 2.94. The summed E-state index contributed by atoms with van der Waals surface area (Å²) in [6.45, 7) is 11.4. The molecule has 0 unspecified atom stereocenters. The van der Waals surface area contributed by atoms with E-state index in [0.29, 0.717) is 6.54 Å². The van der Waals surface area contributed by atoms with Crippen molar-refractivity contribution in [2.45, 2.75) is 20.4 Å². The summed E-state index contributed by atoms with van der Waals surface area (Å²) in [6, 6.07) is 2.10. The van der Waals surface area contributed by atoms with Gasteiger partial charge < -0.3 is 4.85 Å². The van der Waals surface area contributed by atoms with Crippen LogP contribution in [0.15, 0.2) is 6.07 Å². The van der Waals surface area contributed by atoms with E-state index in [1.54, 1.807) is 11.3 Å². The topological polar surface area (TPSA) is 4.36 Å². The Morgan fingerprint density at radius 3 is 2.70 bits per heavy atom. The number of aryl methyl sites for hydroxylation is 2. The number of thiophene rings is 1. The minimum absolute atomic E-state index is 0.538. The van der Waals surface area contributed by atoms with Crippen molar-refractivity contribution >= 4 is 11.3 Å². The fourth-order valence-electron chi connectivity index (χ4n) is 0.926. The molecule has 0 aliphatic rings. The second kappa shape index (κ2) is 2.85. The SMILES string of the molecule is [C-]#[N+]Cc1cc(C)sc1C. The predicted octanol–water partition coefficient (Wildman–Crippen LogP) is 2.78. The summed E-state index contributed by atoms with van der Waals surface area (Å²) in [5.41, 5.74) is 1.19. The molecule has 1 rings (SSSR count). The Hall–Kier alpha value is -0.810. The lowest BCUT2D eigenvalue weighted by Crippen LogP contribution is -1.74. The molecule has 1 aromatic rings. The molecule has 1 aromatic heterocycles. The van der Waals surface area contributed by atoms with Crippen molar-refractivity contribution in [3.05, 3.63) is 32.8 Å². The van der Waals surface area contributed by atoms with Gasteiger partial charge in [0.2, 0.25) is 6.54 Å². The normalized spacial score (nSPS) is 9.30. The highest BCUT2D eigenvalue weighted by Gasteiger charge is 2.02. The van der Waals surface area contributed by atoms with Gasteiger partial charge in [-0.15, -0.1) is 11.3 Å². The zero-order valence-corrected chi connectivity index (χ0v) is 6.96. The van der Waals surface area contributed by atoms with Gasteiger partial charge >= 0.3 is 0 Å². The molecular weight excluding hydrogens is 142 g/mol. The van der Waals surface area contributed by atoms with Gasteiger partial charge in [-0.1, -0.05) is 0 Å². The molecule has 0 aliphatic heterocycles. The van der Waals surface area contributed by atoms with Gasteiger partial charge in [-0.3, -0.25) is 0 Å². The quantitative estimate of drug-likeness (QED) is 0.544. The Kier molecular flexibility index (Phi) is 2.08. The van der Waals surface area contributed by atoms with Crippen LogP contribution in [0, 0.1) is 20.4 Å². The van der Waals surface area contributed by atoms with Crippen LogP contribution in [0.25, 0.3) is 4.85 Å². The molecule has 1 nitrogen and oxygen atoms in total. The van der Waals surface area contributed by atoms with Crippen LogP contribution in [0.3, 0.4) is 0 Å². The van der Waals surface area contributed by atoms with Gasteiger partial charge in [0.15, 0.2) is 0 Å². The first-order valence-electron chi connectivity index (χ1n) is 3.13. The van der Waals surface area contributed by atoms with E-state index in [1.165, 1.54) is 15.3 Å². The van der Waals surface area contributed by atoms with Crippen LogP contribution >= 0.6 is 11.3 Å². The Bertz CT molecular complexity index is 267. The van der Waals surface area contributed by atoms with Gasteiger partial charge in [0, 0.05) is 15.3 Å². The van der Waals surface area contributed by atoms with Crippen LogP contribution in [0.2, 0.25) is 0 Å². The predicted molar refractivity (Wildman–Crippen MR) is 44.1 cm³/mol. The van der Waals surface area contributed by atoms with Gasteiger partial charge in [-0.25, -0.2) is 6.57 Å². The van der Waals surface area contributed by atoms with E-state index >= 15 is 0 Å². The molecule has 1 heterocycles. The van der Waals surface area contributed by atoms with E-state index in [2.05, 4.69) is 24.8 Å². The van der Waals surface area contributed by atoms with Crippen LogP contribution < -0.4 is 0 Å². The molecule has 52 valence electrons. The van der Waals surface area contributed by atoms with E-state index in [4.69, 9.17) is 6.57 Å². The second-order valence-corrected chi connectivity index (χ2v) is 3.72. The molecule has 0 amide bonds. The van der Waals surface area contributed by atoms with Gasteiger partial charge in [-0.05, 0) is 19.9 Å². The molecule has 0 atom stereocenters. The molecular formula is C8H9NS. The van der Waals surface area contributed by atoms with Gasteiger partial charge in [0.1, 0.15) is 0 Å². The average Bonchev–Trinajstić information content (AvgIpc) is 2.13. The molecule has 0 aliphatic carbocycles. The molecule has 0 N–H and O–H groups in total. The monoisotopic (exact) mass is 151 g/mol. The van der Waals surface area contributed by atoms with E-state index in [-0.39, 0.29) is 0 Å². The van der Waals surface area contributed by atoms with Crippen molar-refractivity contribution < 1.29 is 0 Å². The molecule has 0 radical (unpaired) electrons. The lowest BCUT2D eigenvalue weighted by molar-refractivity contribution is 1.25. The highest BCUT2D eigenvalue weighted by molar-refractivity contribution is 7.12. The fourth-order valence-corrected chi connectivity index (χ4v) is 1.86. The van der Waals surface area contributed by atoms with Crippen molar-refractivity contribution in [1.29, 1.82) is 0 Å². The number of hydrogen-bond donors (Lipinski definition) is 0. The first-order chi connectivity index (χ1) is 4.74. The third-order valence-electron chi connectivity index (χ3n) is 1.39. The summed E-state index contributed by atoms with van der Waals surface area (Å²) in [6.07, 6.45) is 0. The maximum Gasteiger partial charge on any atom is 0.240 e. The molecule has 10 heavy (non-hydrogen) atoms. The molecule has 0 spiro atoms. The summed E-state index contributed by atoms with van der Waals surface area (Å²) < 4.78 is 0. The van der Waals surface area contributed by atoms with Crippen molar-refractivity contribution in [3.63, 3.8) is 0 Å². The third-order valence-corrected chi connectivity index (χ3v) is 2.40. The van der Waals surface area contributed by atoms with E-state index in [9.17, 15) is 0 Å². The van der Waals surface area contributed by atoms with Crippen LogP contribution in [0.5, 0.6) is 0 Å². The minimum Gasteiger partial charge on any atom is -0.312 e. The van der Waals surface area contributed by atoms with Crippen LogP contribution in [0.4, 0.5) is 0 Å². The van der Waals surface area contributed by atoms with Gasteiger partial charge in [-0.2, -0.15) is 0 Å². The summed E-state index contributed by atoms with van der Waals surface area (Å²) in [5, 5.41) is 0. The highest BCUT2D eigenvalue weighted by atomic mass is 32.1. The zero-order chi connectivity index (χ0) is 7.56. The molecule has 0 fully saturated rings. The maximum absolute atomic E-state index is 6.68. The van der Waals surface area contributed by atoms with Gasteiger partial charge in [0.05, 0.1) is 0 Å². The zero-order valence-electron chi connectivity index (χ0n) is 6.14. The van der Waals surface area contributed by atoms with Crippen molar-refractivity contribution in [2.75, 3.05) is 0 Å². The fraction of sp³-hybridized carbons (Fsp3) is 0.375. The Morgan fingerprint density at radius 2 is 2.30 bits per heavy atom. The number of hydrogen-bond acceptors (Lipinski definition) is 1. The largest absolute Gasteiger partial charge is 0.312 e. The number of rotatable bonds is 1. The molecule has 0 bridgehead atoms. The minimum atomic E-state index is 0.538. The Labute approximate surface area is 65.1 Å². The summed E-state index contributed by atoms with van der Waals surface area (Å²) >= 11 is 1.77. The summed E-state index contributed by atoms with van der Waals surface area (Å²) in [4.78, 5) is 5.92. The summed E-state index contributed by atoms with van der Waals surface area (Å²) in [5.74, 6) is 0. The van der Waals surface area contributed by atoms with Gasteiger partial charge in [0.25, 0.3) is 0 Å². The average molecular weight is 151 g/mol. The van der Waals surface area contributed by atoms with Crippen LogP contribution in [0.1, 0.15) is 15.3 Å². The first kappa shape index (κ1) is 7.30. The van der Waals surface area contributed by atoms with E-state index < -0.39 is 0 Å². The van der Waals surface area contributed by atoms with E-state index in [1.807, 2.05) is 0 Å². The summed E-state index contributed by atoms with van der Waals surface area (Å²) in [7, 11) is 0. The first-order valence-corrected chi connectivity index (χ1v) is 3.95. The maximum atomic E-state index is 6.68. The molecule has 0 saturated carbocycles. The standard InChI is InChI=1S/C8H9NS/c1-6-4-8(5-9-3)7(2)10-6/h4H,5H2,1-2H3. The van der Waals surface area contributed by atoms with E-state index in [0.717, 1.165) is 0 Å². The lowest BCUT2D eigenvalue weighted by atomic mass is 10.2. The molecule has 0 aromatic carbocycles. The second-order valence-electron chi connectivity index (χ2n) is 2.25. The van der Waals surface area contributed by atoms with Crippen molar-refractivity contribution in [3.8, 4) is 0 Å². The molecule has 2 heteroatoms. The van der Waals surface area contributed by atoms with Crippen molar-refractivity contribution in [2.24, 2.45) is 0 Å². The lowest BCUT2D eigenvalue weighted by Gasteiger charge is -1.83. The third kappa shape index (κ3) is 1.37. The Morgan fingerprint density at radius 1 is 1.60 bits per heavy atom. The van der Waals surface area contributed by atoms with Crippen molar-refractivity contribution in [1.82, 2.24) is 0 Å².